The molecule has 1 aromatic carbocycles. The van der Waals surface area contributed by atoms with Crippen molar-refractivity contribution in [2.45, 2.75) is 52.6 Å². The highest BCUT2D eigenvalue weighted by molar-refractivity contribution is 5.88. The molecule has 3 atom stereocenters. The second-order valence-corrected chi connectivity index (χ2v) is 6.91. The predicted molar refractivity (Wildman–Crippen MR) is 92.9 cm³/mol. The van der Waals surface area contributed by atoms with E-state index in [1.807, 2.05) is 13.8 Å². The standard InChI is InChI=1S/C20H28O4/c1-12-9-13(2)17(14(3)10-12)19(23-4)18(21)15-7-6-8-16(11-15)20(22)24-5/h9-10,15-16,19H,6-8,11H2,1-5H3. The van der Waals surface area contributed by atoms with Crippen molar-refractivity contribution < 1.29 is 19.1 Å². The van der Waals surface area contributed by atoms with E-state index in [0.717, 1.165) is 36.0 Å². The Hall–Kier alpha value is -1.68. The van der Waals surface area contributed by atoms with Gasteiger partial charge < -0.3 is 9.47 Å². The van der Waals surface area contributed by atoms with Crippen LogP contribution >= 0.6 is 0 Å². The molecule has 0 bridgehead atoms. The molecule has 0 N–H and O–H groups in total. The van der Waals surface area contributed by atoms with E-state index in [4.69, 9.17) is 9.47 Å². The molecule has 1 fully saturated rings. The first-order valence-corrected chi connectivity index (χ1v) is 8.61. The van der Waals surface area contributed by atoms with Gasteiger partial charge in [-0.3, -0.25) is 9.59 Å². The summed E-state index contributed by atoms with van der Waals surface area (Å²) in [4.78, 5) is 24.9. The number of carbonyl (C=O) groups excluding carboxylic acids is 2. The molecule has 1 saturated carbocycles. The van der Waals surface area contributed by atoms with Gasteiger partial charge in [-0.15, -0.1) is 0 Å². The van der Waals surface area contributed by atoms with Crippen molar-refractivity contribution in [3.63, 3.8) is 0 Å². The van der Waals surface area contributed by atoms with Gasteiger partial charge in [-0.2, -0.15) is 0 Å². The largest absolute Gasteiger partial charge is 0.469 e. The molecule has 1 aromatic rings. The van der Waals surface area contributed by atoms with Crippen molar-refractivity contribution in [3.8, 4) is 0 Å². The highest BCUT2D eigenvalue weighted by Gasteiger charge is 2.36. The monoisotopic (exact) mass is 332 g/mol. The Bertz CT molecular complexity index is 597. The number of methoxy groups -OCH3 is 2. The van der Waals surface area contributed by atoms with Gasteiger partial charge in [0.2, 0.25) is 0 Å². The summed E-state index contributed by atoms with van der Waals surface area (Å²) in [5.74, 6) is -0.436. The molecule has 4 heteroatoms. The van der Waals surface area contributed by atoms with E-state index >= 15 is 0 Å². The Labute approximate surface area is 144 Å². The van der Waals surface area contributed by atoms with E-state index in [-0.39, 0.29) is 23.6 Å². The average Bonchev–Trinajstić information content (AvgIpc) is 2.56. The molecule has 0 saturated heterocycles. The maximum absolute atomic E-state index is 13.1. The zero-order valence-corrected chi connectivity index (χ0v) is 15.3. The number of ether oxygens (including phenoxy) is 2. The Morgan fingerprint density at radius 3 is 2.17 bits per heavy atom. The van der Waals surface area contributed by atoms with Crippen LogP contribution in [0.1, 0.15) is 54.0 Å². The smallest absolute Gasteiger partial charge is 0.308 e. The summed E-state index contributed by atoms with van der Waals surface area (Å²) in [6, 6.07) is 4.17. The molecule has 1 aliphatic carbocycles. The van der Waals surface area contributed by atoms with E-state index in [1.54, 1.807) is 7.11 Å². The lowest BCUT2D eigenvalue weighted by Gasteiger charge is -2.30. The van der Waals surface area contributed by atoms with Crippen LogP contribution in [0.2, 0.25) is 0 Å². The number of Topliss-reactive ketones (excluding diaryl/α,β-unsaturated/α-hetero) is 1. The first kappa shape index (κ1) is 18.7. The molecule has 2 rings (SSSR count). The van der Waals surface area contributed by atoms with Gasteiger partial charge in [0, 0.05) is 13.0 Å². The topological polar surface area (TPSA) is 52.6 Å². The normalized spacial score (nSPS) is 22.0. The number of hydrogen-bond acceptors (Lipinski definition) is 4. The van der Waals surface area contributed by atoms with Gasteiger partial charge in [-0.05, 0) is 56.7 Å². The maximum atomic E-state index is 13.1. The summed E-state index contributed by atoms with van der Waals surface area (Å²) in [6.07, 6.45) is 2.49. The molecule has 0 spiro atoms. The van der Waals surface area contributed by atoms with Gasteiger partial charge in [0.05, 0.1) is 13.0 Å². The van der Waals surface area contributed by atoms with Gasteiger partial charge in [0.1, 0.15) is 6.10 Å². The molecule has 0 radical (unpaired) electrons. The van der Waals surface area contributed by atoms with Crippen molar-refractivity contribution in [1.82, 2.24) is 0 Å². The summed E-state index contributed by atoms with van der Waals surface area (Å²) in [5.41, 5.74) is 4.30. The summed E-state index contributed by atoms with van der Waals surface area (Å²) >= 11 is 0. The van der Waals surface area contributed by atoms with Crippen molar-refractivity contribution in [3.05, 3.63) is 34.4 Å². The lowest BCUT2D eigenvalue weighted by Crippen LogP contribution is -2.32. The Morgan fingerprint density at radius 2 is 1.62 bits per heavy atom. The number of carbonyl (C=O) groups is 2. The fraction of sp³-hybridized carbons (Fsp3) is 0.600. The molecular weight excluding hydrogens is 304 g/mol. The number of esters is 1. The summed E-state index contributed by atoms with van der Waals surface area (Å²) in [7, 11) is 2.99. The molecule has 0 heterocycles. The van der Waals surface area contributed by atoms with Crippen LogP contribution < -0.4 is 0 Å². The second-order valence-electron chi connectivity index (χ2n) is 6.91. The molecule has 0 aliphatic heterocycles. The van der Waals surface area contributed by atoms with Gasteiger partial charge in [0.25, 0.3) is 0 Å². The first-order valence-electron chi connectivity index (χ1n) is 8.61. The summed E-state index contributed by atoms with van der Waals surface area (Å²) < 4.78 is 10.5. The second kappa shape index (κ2) is 7.93. The van der Waals surface area contributed by atoms with E-state index in [0.29, 0.717) is 6.42 Å². The fourth-order valence-corrected chi connectivity index (χ4v) is 4.02. The van der Waals surface area contributed by atoms with Crippen molar-refractivity contribution in [1.29, 1.82) is 0 Å². The Kier molecular flexibility index (Phi) is 6.16. The van der Waals surface area contributed by atoms with Gasteiger partial charge in [0.15, 0.2) is 5.78 Å². The molecule has 4 nitrogen and oxygen atoms in total. The Morgan fingerprint density at radius 1 is 1.04 bits per heavy atom. The molecule has 3 unspecified atom stereocenters. The lowest BCUT2D eigenvalue weighted by molar-refractivity contribution is -0.148. The van der Waals surface area contributed by atoms with Crippen LogP contribution in [-0.2, 0) is 19.1 Å². The van der Waals surface area contributed by atoms with Crippen LogP contribution in [0.5, 0.6) is 0 Å². The minimum absolute atomic E-state index is 0.0844. The van der Waals surface area contributed by atoms with Crippen LogP contribution in [-0.4, -0.2) is 26.0 Å². The molecular formula is C20H28O4. The highest BCUT2D eigenvalue weighted by Crippen LogP contribution is 2.36. The van der Waals surface area contributed by atoms with Crippen molar-refractivity contribution >= 4 is 11.8 Å². The minimum Gasteiger partial charge on any atom is -0.469 e. The quantitative estimate of drug-likeness (QED) is 0.769. The first-order chi connectivity index (χ1) is 11.4. The lowest BCUT2D eigenvalue weighted by atomic mass is 9.77. The molecule has 1 aliphatic rings. The SMILES string of the molecule is COC(=O)C1CCCC(C(=O)C(OC)c2c(C)cc(C)cc2C)C1. The predicted octanol–water partition coefficient (Wildman–Crippen LogP) is 3.85. The molecule has 0 aromatic heterocycles. The van der Waals surface area contributed by atoms with Crippen LogP contribution in [0.4, 0.5) is 0 Å². The number of ketones is 1. The number of benzene rings is 1. The van der Waals surface area contributed by atoms with E-state index in [1.165, 1.54) is 12.7 Å². The van der Waals surface area contributed by atoms with E-state index < -0.39 is 6.10 Å². The fourth-order valence-electron chi connectivity index (χ4n) is 4.02. The summed E-state index contributed by atoms with van der Waals surface area (Å²) in [6.45, 7) is 6.09. The van der Waals surface area contributed by atoms with Crippen LogP contribution in [0.15, 0.2) is 12.1 Å². The number of hydrogen-bond donors (Lipinski definition) is 0. The van der Waals surface area contributed by atoms with Gasteiger partial charge >= 0.3 is 5.97 Å². The third-order valence-electron chi connectivity index (χ3n) is 5.11. The van der Waals surface area contributed by atoms with Gasteiger partial charge in [-0.25, -0.2) is 0 Å². The summed E-state index contributed by atoms with van der Waals surface area (Å²) in [5, 5.41) is 0. The number of aryl methyl sites for hydroxylation is 3. The van der Waals surface area contributed by atoms with E-state index in [9.17, 15) is 9.59 Å². The van der Waals surface area contributed by atoms with Crippen molar-refractivity contribution in [2.75, 3.05) is 14.2 Å². The maximum Gasteiger partial charge on any atom is 0.308 e. The van der Waals surface area contributed by atoms with Crippen LogP contribution in [0.3, 0.4) is 0 Å². The van der Waals surface area contributed by atoms with Crippen LogP contribution in [0.25, 0.3) is 0 Å². The van der Waals surface area contributed by atoms with Crippen LogP contribution in [0, 0.1) is 32.6 Å². The minimum atomic E-state index is -0.563. The third kappa shape index (κ3) is 3.86. The Balaban J connectivity index is 2.25. The third-order valence-corrected chi connectivity index (χ3v) is 5.11. The molecule has 24 heavy (non-hydrogen) atoms. The molecule has 0 amide bonds. The average molecular weight is 332 g/mol. The zero-order chi connectivity index (χ0) is 17.9. The zero-order valence-electron chi connectivity index (χ0n) is 15.3. The molecule has 132 valence electrons. The number of rotatable bonds is 5. The van der Waals surface area contributed by atoms with Gasteiger partial charge in [-0.1, -0.05) is 24.1 Å². The van der Waals surface area contributed by atoms with Crippen molar-refractivity contribution in [2.24, 2.45) is 11.8 Å². The van der Waals surface area contributed by atoms with E-state index in [2.05, 4.69) is 19.1 Å². The highest BCUT2D eigenvalue weighted by atomic mass is 16.5.